The van der Waals surface area contributed by atoms with E-state index in [9.17, 15) is 19.2 Å². The van der Waals surface area contributed by atoms with Crippen LogP contribution >= 0.6 is 11.3 Å². The maximum atomic E-state index is 13.2. The molecule has 0 radical (unpaired) electrons. The first kappa shape index (κ1) is 22.9. The fraction of sp³-hybridized carbons (Fsp3) is 0.435. The van der Waals surface area contributed by atoms with Crippen molar-refractivity contribution in [3.8, 4) is 11.3 Å². The number of rotatable bonds is 7. The summed E-state index contributed by atoms with van der Waals surface area (Å²) in [6.45, 7) is 3.90. The minimum atomic E-state index is -0.888. The SMILES string of the molecule is COC(=O)c1cc(-c2csc(NC(=O)C(CC(C)C)N3C(=O)C4CC=CCC4C3=O)n2)c[nH]1. The highest BCUT2D eigenvalue weighted by Gasteiger charge is 2.51. The average molecular weight is 471 g/mol. The Labute approximate surface area is 195 Å². The minimum Gasteiger partial charge on any atom is -0.464 e. The Hall–Kier alpha value is -3.27. The number of imide groups is 1. The molecular weight excluding hydrogens is 444 g/mol. The first-order valence-electron chi connectivity index (χ1n) is 10.9. The number of fused-ring (bicyclic) bond motifs is 1. The number of allylic oxidation sites excluding steroid dienone is 2. The van der Waals surface area contributed by atoms with Gasteiger partial charge in [0.15, 0.2) is 5.13 Å². The smallest absolute Gasteiger partial charge is 0.354 e. The highest BCUT2D eigenvalue weighted by atomic mass is 32.1. The third-order valence-electron chi connectivity index (χ3n) is 5.97. The predicted molar refractivity (Wildman–Crippen MR) is 122 cm³/mol. The lowest BCUT2D eigenvalue weighted by atomic mass is 9.85. The Bertz CT molecular complexity index is 1090. The molecule has 3 atom stereocenters. The molecule has 3 amide bonds. The minimum absolute atomic E-state index is 0.102. The average Bonchev–Trinajstić information content (AvgIpc) is 3.51. The van der Waals surface area contributed by atoms with Crippen LogP contribution in [-0.4, -0.2) is 51.7 Å². The second kappa shape index (κ2) is 9.30. The lowest BCUT2D eigenvalue weighted by Gasteiger charge is -2.27. The predicted octanol–water partition coefficient (Wildman–Crippen LogP) is 3.23. The number of nitrogens with zero attached hydrogens (tertiary/aromatic N) is 2. The Kier molecular flexibility index (Phi) is 6.46. The summed E-state index contributed by atoms with van der Waals surface area (Å²) in [5.41, 5.74) is 1.55. The molecule has 2 aromatic heterocycles. The number of likely N-dealkylation sites (tertiary alicyclic amines) is 1. The van der Waals surface area contributed by atoms with Gasteiger partial charge in [0.1, 0.15) is 11.7 Å². The number of amides is 3. The van der Waals surface area contributed by atoms with Gasteiger partial charge >= 0.3 is 5.97 Å². The number of H-pyrrole nitrogens is 1. The molecule has 10 heteroatoms. The van der Waals surface area contributed by atoms with Gasteiger partial charge in [-0.2, -0.15) is 0 Å². The number of ether oxygens (including phenoxy) is 1. The summed E-state index contributed by atoms with van der Waals surface area (Å²) in [6.07, 6.45) is 6.92. The number of carbonyl (C=O) groups excluding carboxylic acids is 4. The summed E-state index contributed by atoms with van der Waals surface area (Å²) < 4.78 is 4.69. The van der Waals surface area contributed by atoms with Crippen molar-refractivity contribution in [2.24, 2.45) is 17.8 Å². The molecule has 9 nitrogen and oxygen atoms in total. The van der Waals surface area contributed by atoms with Gasteiger partial charge in [-0.05, 0) is 31.2 Å². The molecule has 4 rings (SSSR count). The van der Waals surface area contributed by atoms with Gasteiger partial charge in [0.25, 0.3) is 0 Å². The number of hydrogen-bond acceptors (Lipinski definition) is 7. The fourth-order valence-corrected chi connectivity index (χ4v) is 5.05. The second-order valence-corrected chi connectivity index (χ2v) is 9.53. The van der Waals surface area contributed by atoms with Gasteiger partial charge in [0.05, 0.1) is 24.6 Å². The first-order valence-corrected chi connectivity index (χ1v) is 11.7. The molecule has 1 saturated heterocycles. The van der Waals surface area contributed by atoms with Crippen LogP contribution in [0.4, 0.5) is 5.13 Å². The van der Waals surface area contributed by atoms with Crippen LogP contribution in [0.1, 0.15) is 43.6 Å². The number of methoxy groups -OCH3 is 1. The number of aromatic nitrogens is 2. The zero-order chi connectivity index (χ0) is 23.7. The zero-order valence-electron chi connectivity index (χ0n) is 18.7. The molecule has 1 aliphatic carbocycles. The van der Waals surface area contributed by atoms with Gasteiger partial charge in [0.2, 0.25) is 17.7 Å². The number of esters is 1. The van der Waals surface area contributed by atoms with Crippen molar-refractivity contribution >= 4 is 40.2 Å². The summed E-state index contributed by atoms with van der Waals surface area (Å²) in [5.74, 6) is -2.11. The van der Waals surface area contributed by atoms with Crippen LogP contribution in [0.2, 0.25) is 0 Å². The Morgan fingerprint density at radius 3 is 2.52 bits per heavy atom. The second-order valence-electron chi connectivity index (χ2n) is 8.67. The van der Waals surface area contributed by atoms with Crippen molar-refractivity contribution in [1.29, 1.82) is 0 Å². The van der Waals surface area contributed by atoms with Crippen molar-refractivity contribution in [3.63, 3.8) is 0 Å². The maximum absolute atomic E-state index is 13.2. The summed E-state index contributed by atoms with van der Waals surface area (Å²) in [5, 5.41) is 4.89. The fourth-order valence-electron chi connectivity index (χ4n) is 4.33. The molecule has 33 heavy (non-hydrogen) atoms. The van der Waals surface area contributed by atoms with Crippen LogP contribution in [0.15, 0.2) is 29.8 Å². The van der Waals surface area contributed by atoms with E-state index in [0.29, 0.717) is 41.3 Å². The van der Waals surface area contributed by atoms with E-state index in [1.165, 1.54) is 23.3 Å². The van der Waals surface area contributed by atoms with Crippen molar-refractivity contribution in [1.82, 2.24) is 14.9 Å². The lowest BCUT2D eigenvalue weighted by molar-refractivity contribution is -0.147. The number of carbonyl (C=O) groups is 4. The Morgan fingerprint density at radius 2 is 1.91 bits per heavy atom. The van der Waals surface area contributed by atoms with Gasteiger partial charge in [0, 0.05) is 17.1 Å². The molecule has 0 spiro atoms. The molecular formula is C23H26N4O5S. The molecule has 2 aromatic rings. The van der Waals surface area contributed by atoms with Gasteiger partial charge in [-0.1, -0.05) is 26.0 Å². The number of anilines is 1. The van der Waals surface area contributed by atoms with Crippen LogP contribution in [0, 0.1) is 17.8 Å². The van der Waals surface area contributed by atoms with E-state index in [0.717, 1.165) is 0 Å². The molecule has 0 bridgehead atoms. The molecule has 2 N–H and O–H groups in total. The lowest BCUT2D eigenvalue weighted by Crippen LogP contribution is -2.48. The van der Waals surface area contributed by atoms with Gasteiger partial charge in [-0.3, -0.25) is 19.3 Å². The van der Waals surface area contributed by atoms with E-state index in [1.54, 1.807) is 17.6 Å². The van der Waals surface area contributed by atoms with Crippen molar-refractivity contribution in [3.05, 3.63) is 35.5 Å². The third kappa shape index (κ3) is 4.47. The summed E-state index contributed by atoms with van der Waals surface area (Å²) >= 11 is 1.23. The van der Waals surface area contributed by atoms with Crippen LogP contribution in [0.5, 0.6) is 0 Å². The molecule has 1 fully saturated rings. The van der Waals surface area contributed by atoms with Gasteiger partial charge in [-0.15, -0.1) is 11.3 Å². The van der Waals surface area contributed by atoms with Crippen LogP contribution in [-0.2, 0) is 19.1 Å². The van der Waals surface area contributed by atoms with E-state index < -0.39 is 17.9 Å². The van der Waals surface area contributed by atoms with E-state index in [4.69, 9.17) is 4.74 Å². The number of nitrogens with one attached hydrogen (secondary N) is 2. The molecule has 1 aliphatic heterocycles. The molecule has 2 aliphatic rings. The molecule has 0 aromatic carbocycles. The molecule has 174 valence electrons. The maximum Gasteiger partial charge on any atom is 0.354 e. The quantitative estimate of drug-likeness (QED) is 0.364. The van der Waals surface area contributed by atoms with Crippen molar-refractivity contribution < 1.29 is 23.9 Å². The number of hydrogen-bond donors (Lipinski definition) is 2. The van der Waals surface area contributed by atoms with E-state index in [-0.39, 0.29) is 29.6 Å². The largest absolute Gasteiger partial charge is 0.464 e. The van der Waals surface area contributed by atoms with Gasteiger partial charge in [-0.25, -0.2) is 9.78 Å². The highest BCUT2D eigenvalue weighted by Crippen LogP contribution is 2.37. The van der Waals surface area contributed by atoms with Crippen molar-refractivity contribution in [2.75, 3.05) is 12.4 Å². The monoisotopic (exact) mass is 470 g/mol. The van der Waals surface area contributed by atoms with E-state index >= 15 is 0 Å². The zero-order valence-corrected chi connectivity index (χ0v) is 19.5. The standard InChI is InChI=1S/C23H26N4O5S/c1-12(2)8-18(27-20(29)14-6-4-5-7-15(14)21(27)30)19(28)26-23-25-17(11-33-23)13-9-16(24-10-13)22(31)32-3/h4-5,9-12,14-15,18,24H,6-8H2,1-3H3,(H,25,26,28). The third-order valence-corrected chi connectivity index (χ3v) is 6.73. The van der Waals surface area contributed by atoms with E-state index in [1.807, 2.05) is 26.0 Å². The Balaban J connectivity index is 1.52. The highest BCUT2D eigenvalue weighted by molar-refractivity contribution is 7.14. The molecule has 3 unspecified atom stereocenters. The summed E-state index contributed by atoms with van der Waals surface area (Å²) in [4.78, 5) is 59.4. The van der Waals surface area contributed by atoms with E-state index in [2.05, 4.69) is 15.3 Å². The topological polar surface area (TPSA) is 121 Å². The van der Waals surface area contributed by atoms with Gasteiger partial charge < -0.3 is 15.0 Å². The molecule has 3 heterocycles. The summed E-state index contributed by atoms with van der Waals surface area (Å²) in [7, 11) is 1.30. The van der Waals surface area contributed by atoms with Crippen LogP contribution in [0.3, 0.4) is 0 Å². The molecule has 0 saturated carbocycles. The summed E-state index contributed by atoms with van der Waals surface area (Å²) in [6, 6.07) is 0.729. The van der Waals surface area contributed by atoms with Crippen LogP contribution < -0.4 is 5.32 Å². The number of aromatic amines is 1. The Morgan fingerprint density at radius 1 is 1.24 bits per heavy atom. The normalized spacial score (nSPS) is 20.8. The van der Waals surface area contributed by atoms with Crippen molar-refractivity contribution in [2.45, 2.75) is 39.2 Å². The van der Waals surface area contributed by atoms with Crippen LogP contribution in [0.25, 0.3) is 11.3 Å². The first-order chi connectivity index (χ1) is 15.8. The number of thiazole rings is 1.